The first-order valence-electron chi connectivity index (χ1n) is 10.9. The van der Waals surface area contributed by atoms with E-state index in [0.717, 1.165) is 37.2 Å². The van der Waals surface area contributed by atoms with Crippen molar-refractivity contribution in [1.29, 1.82) is 0 Å². The van der Waals surface area contributed by atoms with E-state index in [4.69, 9.17) is 0 Å². The molecule has 0 aliphatic carbocycles. The van der Waals surface area contributed by atoms with Crippen LogP contribution in [0.2, 0.25) is 0 Å². The number of piperidine rings is 1. The first-order valence-corrected chi connectivity index (χ1v) is 11.7. The fourth-order valence-corrected chi connectivity index (χ4v) is 4.16. The van der Waals surface area contributed by atoms with E-state index >= 15 is 0 Å². The molecule has 0 radical (unpaired) electrons. The highest BCUT2D eigenvalue weighted by molar-refractivity contribution is 7.15. The number of hydrogen-bond donors (Lipinski definition) is 3. The summed E-state index contributed by atoms with van der Waals surface area (Å²) < 4.78 is 0. The van der Waals surface area contributed by atoms with Gasteiger partial charge in [0.25, 0.3) is 0 Å². The lowest BCUT2D eigenvalue weighted by molar-refractivity contribution is -0.124. The Morgan fingerprint density at radius 2 is 2.03 bits per heavy atom. The van der Waals surface area contributed by atoms with Crippen LogP contribution in [0, 0.1) is 0 Å². The maximum Gasteiger partial charge on any atom is 0.249 e. The summed E-state index contributed by atoms with van der Waals surface area (Å²) in [4.78, 5) is 25.1. The van der Waals surface area contributed by atoms with Crippen molar-refractivity contribution in [1.82, 2.24) is 20.8 Å². The van der Waals surface area contributed by atoms with Crippen molar-refractivity contribution >= 4 is 28.3 Å². The van der Waals surface area contributed by atoms with Gasteiger partial charge in [-0.3, -0.25) is 14.9 Å². The predicted octanol–water partition coefficient (Wildman–Crippen LogP) is 3.42. The fourth-order valence-electron chi connectivity index (χ4n) is 3.41. The van der Waals surface area contributed by atoms with Crippen molar-refractivity contribution in [2.75, 3.05) is 11.9 Å². The fraction of sp³-hybridized carbons (Fsp3) is 0.478. The van der Waals surface area contributed by atoms with Gasteiger partial charge in [0, 0.05) is 18.0 Å². The topological polar surface area (TPSA) is 96.0 Å². The summed E-state index contributed by atoms with van der Waals surface area (Å²) in [5, 5.41) is 18.6. The molecule has 7 nitrogen and oxygen atoms in total. The lowest BCUT2D eigenvalue weighted by Gasteiger charge is -2.25. The molecule has 3 rings (SSSR count). The predicted molar refractivity (Wildman–Crippen MR) is 124 cm³/mol. The van der Waals surface area contributed by atoms with E-state index in [2.05, 4.69) is 38.3 Å². The molecule has 2 amide bonds. The van der Waals surface area contributed by atoms with E-state index in [1.54, 1.807) is 6.08 Å². The molecule has 1 aliphatic heterocycles. The molecule has 0 saturated carbocycles. The van der Waals surface area contributed by atoms with Gasteiger partial charge in [0.05, 0.1) is 6.04 Å². The van der Waals surface area contributed by atoms with Crippen LogP contribution in [0.25, 0.3) is 0 Å². The van der Waals surface area contributed by atoms with E-state index in [-0.39, 0.29) is 29.8 Å². The molecule has 8 heteroatoms. The van der Waals surface area contributed by atoms with Gasteiger partial charge in [-0.05, 0) is 37.8 Å². The molecule has 1 fully saturated rings. The van der Waals surface area contributed by atoms with Gasteiger partial charge in [-0.25, -0.2) is 0 Å². The van der Waals surface area contributed by atoms with E-state index in [0.29, 0.717) is 11.6 Å². The summed E-state index contributed by atoms with van der Waals surface area (Å²) in [6, 6.07) is 9.74. The van der Waals surface area contributed by atoms with Crippen LogP contribution in [-0.4, -0.2) is 40.6 Å². The number of nitrogens with one attached hydrogen (secondary N) is 3. The standard InChI is InChI=1S/C23H31N5O2S/c1-16(2)22-27-28-23(31-22)26-20(29)14-13-18(12-11-17-8-4-3-5-9-17)25-21(30)19-10-6-7-15-24-19/h3-5,8-9,13-14,16,18-19,24H,6-7,10-12,15H2,1-2H3,(H,25,30)(H,26,28,29). The highest BCUT2D eigenvalue weighted by Gasteiger charge is 2.22. The molecule has 2 atom stereocenters. The number of aromatic nitrogens is 2. The summed E-state index contributed by atoms with van der Waals surface area (Å²) in [5.41, 5.74) is 1.20. The third kappa shape index (κ3) is 7.56. The Hall–Kier alpha value is -2.58. The summed E-state index contributed by atoms with van der Waals surface area (Å²) in [6.07, 6.45) is 7.76. The Bertz CT molecular complexity index is 875. The molecule has 166 valence electrons. The minimum absolute atomic E-state index is 0.00600. The Balaban J connectivity index is 1.60. The normalized spacial score (nSPS) is 17.6. The van der Waals surface area contributed by atoms with Gasteiger partial charge < -0.3 is 10.6 Å². The largest absolute Gasteiger partial charge is 0.349 e. The minimum atomic E-state index is -0.277. The van der Waals surface area contributed by atoms with Gasteiger partial charge in [0.15, 0.2) is 0 Å². The second kappa shape index (κ2) is 11.7. The third-order valence-corrected chi connectivity index (χ3v) is 6.33. The maximum absolute atomic E-state index is 12.7. The van der Waals surface area contributed by atoms with Crippen LogP contribution in [-0.2, 0) is 16.0 Å². The van der Waals surface area contributed by atoms with Crippen LogP contribution in [0.3, 0.4) is 0 Å². The number of carbonyl (C=O) groups excluding carboxylic acids is 2. The molecule has 1 aromatic heterocycles. The van der Waals surface area contributed by atoms with Crippen LogP contribution < -0.4 is 16.0 Å². The van der Waals surface area contributed by atoms with Gasteiger partial charge in [-0.1, -0.05) is 68.0 Å². The highest BCUT2D eigenvalue weighted by atomic mass is 32.1. The van der Waals surface area contributed by atoms with Crippen LogP contribution in [0.4, 0.5) is 5.13 Å². The lowest BCUT2D eigenvalue weighted by atomic mass is 10.0. The minimum Gasteiger partial charge on any atom is -0.349 e. The van der Waals surface area contributed by atoms with E-state index in [1.807, 2.05) is 32.0 Å². The van der Waals surface area contributed by atoms with Crippen molar-refractivity contribution < 1.29 is 9.59 Å². The molecule has 3 N–H and O–H groups in total. The number of hydrogen-bond acceptors (Lipinski definition) is 6. The first-order chi connectivity index (χ1) is 15.0. The average Bonchev–Trinajstić information content (AvgIpc) is 3.25. The lowest BCUT2D eigenvalue weighted by Crippen LogP contribution is -2.49. The molecule has 1 aromatic carbocycles. The smallest absolute Gasteiger partial charge is 0.249 e. The number of carbonyl (C=O) groups is 2. The number of amides is 2. The number of benzene rings is 1. The van der Waals surface area contributed by atoms with Crippen LogP contribution in [0.15, 0.2) is 42.5 Å². The second-order valence-electron chi connectivity index (χ2n) is 8.09. The Labute approximate surface area is 187 Å². The van der Waals surface area contributed by atoms with Gasteiger partial charge >= 0.3 is 0 Å². The molecular weight excluding hydrogens is 410 g/mol. The van der Waals surface area contributed by atoms with Crippen molar-refractivity contribution in [2.24, 2.45) is 0 Å². The summed E-state index contributed by atoms with van der Waals surface area (Å²) in [6.45, 7) is 4.94. The molecule has 2 unspecified atom stereocenters. The van der Waals surface area contributed by atoms with Gasteiger partial charge in [-0.15, -0.1) is 10.2 Å². The highest BCUT2D eigenvalue weighted by Crippen LogP contribution is 2.22. The number of rotatable bonds is 9. The summed E-state index contributed by atoms with van der Waals surface area (Å²) >= 11 is 1.37. The summed E-state index contributed by atoms with van der Waals surface area (Å²) in [7, 11) is 0. The molecule has 2 aromatic rings. The van der Waals surface area contributed by atoms with Crippen LogP contribution in [0.5, 0.6) is 0 Å². The molecule has 31 heavy (non-hydrogen) atoms. The van der Waals surface area contributed by atoms with Crippen molar-refractivity contribution in [3.05, 3.63) is 53.1 Å². The van der Waals surface area contributed by atoms with E-state index in [9.17, 15) is 9.59 Å². The number of aryl methyl sites for hydroxylation is 1. The average molecular weight is 442 g/mol. The molecule has 1 aliphatic rings. The zero-order valence-electron chi connectivity index (χ0n) is 18.1. The molecule has 2 heterocycles. The molecular formula is C23H31N5O2S. The zero-order valence-corrected chi connectivity index (χ0v) is 19.0. The summed E-state index contributed by atoms with van der Waals surface area (Å²) in [5.74, 6) is -0.0144. The second-order valence-corrected chi connectivity index (χ2v) is 9.10. The third-order valence-electron chi connectivity index (χ3n) is 5.19. The molecule has 0 spiro atoms. The van der Waals surface area contributed by atoms with Crippen LogP contribution >= 0.6 is 11.3 Å². The zero-order chi connectivity index (χ0) is 22.1. The maximum atomic E-state index is 12.7. The van der Waals surface area contributed by atoms with Crippen molar-refractivity contribution in [3.8, 4) is 0 Å². The Kier molecular flexibility index (Phi) is 8.73. The van der Waals surface area contributed by atoms with E-state index < -0.39 is 0 Å². The Morgan fingerprint density at radius 1 is 1.23 bits per heavy atom. The monoisotopic (exact) mass is 441 g/mol. The first kappa shape index (κ1) is 23.1. The van der Waals surface area contributed by atoms with Crippen LogP contribution in [0.1, 0.15) is 56.0 Å². The number of nitrogens with zero attached hydrogens (tertiary/aromatic N) is 2. The quantitative estimate of drug-likeness (QED) is 0.518. The van der Waals surface area contributed by atoms with Crippen molar-refractivity contribution in [3.63, 3.8) is 0 Å². The molecule has 1 saturated heterocycles. The molecule has 0 bridgehead atoms. The SMILES string of the molecule is CC(C)c1nnc(NC(=O)C=CC(CCc2ccccc2)NC(=O)C2CCCCN2)s1. The van der Waals surface area contributed by atoms with E-state index in [1.165, 1.54) is 23.0 Å². The van der Waals surface area contributed by atoms with Crippen molar-refractivity contribution in [2.45, 2.75) is 64.0 Å². The number of anilines is 1. The Morgan fingerprint density at radius 3 is 2.71 bits per heavy atom. The van der Waals surface area contributed by atoms with Gasteiger partial charge in [0.2, 0.25) is 16.9 Å². The van der Waals surface area contributed by atoms with Gasteiger partial charge in [-0.2, -0.15) is 0 Å². The van der Waals surface area contributed by atoms with Gasteiger partial charge in [0.1, 0.15) is 5.01 Å².